The maximum atomic E-state index is 13.6. The van der Waals surface area contributed by atoms with Gasteiger partial charge in [-0.3, -0.25) is 9.52 Å². The van der Waals surface area contributed by atoms with Crippen LogP contribution in [0, 0.1) is 11.6 Å². The van der Waals surface area contributed by atoms with Gasteiger partial charge in [-0.25, -0.2) is 17.2 Å². The van der Waals surface area contributed by atoms with E-state index in [1.807, 2.05) is 4.72 Å². The van der Waals surface area contributed by atoms with Gasteiger partial charge in [-0.05, 0) is 48.7 Å². The third-order valence-corrected chi connectivity index (χ3v) is 5.05. The first-order valence-corrected chi connectivity index (χ1v) is 8.74. The molecule has 0 aromatic heterocycles. The second-order valence-corrected chi connectivity index (χ2v) is 7.13. The van der Waals surface area contributed by atoms with E-state index in [2.05, 4.69) is 5.32 Å². The zero-order valence-corrected chi connectivity index (χ0v) is 13.3. The first kappa shape index (κ1) is 16.4. The Morgan fingerprint density at radius 3 is 2.62 bits per heavy atom. The normalized spacial score (nSPS) is 14.5. The van der Waals surface area contributed by atoms with E-state index in [-0.39, 0.29) is 10.8 Å². The van der Waals surface area contributed by atoms with E-state index >= 15 is 0 Å². The van der Waals surface area contributed by atoms with Gasteiger partial charge in [0.2, 0.25) is 5.91 Å². The Kier molecular flexibility index (Phi) is 4.23. The lowest BCUT2D eigenvalue weighted by Gasteiger charge is -2.12. The Morgan fingerprint density at radius 2 is 1.83 bits per heavy atom. The van der Waals surface area contributed by atoms with E-state index < -0.39 is 27.3 Å². The summed E-state index contributed by atoms with van der Waals surface area (Å²) in [6, 6.07) is 6.76. The minimum atomic E-state index is -4.08. The molecule has 0 atom stereocenters. The third kappa shape index (κ3) is 3.38. The number of rotatable bonds is 3. The summed E-state index contributed by atoms with van der Waals surface area (Å²) in [5, 5.41) is 2.70. The predicted octanol–water partition coefficient (Wildman–Crippen LogP) is 3.04. The largest absolute Gasteiger partial charge is 0.326 e. The highest BCUT2D eigenvalue weighted by molar-refractivity contribution is 7.92. The molecule has 24 heavy (non-hydrogen) atoms. The summed E-state index contributed by atoms with van der Waals surface area (Å²) >= 11 is 0. The Balaban J connectivity index is 1.94. The fourth-order valence-corrected chi connectivity index (χ4v) is 3.61. The molecule has 0 bridgehead atoms. The van der Waals surface area contributed by atoms with Gasteiger partial charge in [-0.2, -0.15) is 0 Å². The number of hydrogen-bond donors (Lipinski definition) is 2. The van der Waals surface area contributed by atoms with Crippen LogP contribution in [0.3, 0.4) is 0 Å². The molecule has 0 saturated heterocycles. The summed E-state index contributed by atoms with van der Waals surface area (Å²) in [6.45, 7) is 0. The van der Waals surface area contributed by atoms with E-state index in [0.29, 0.717) is 30.5 Å². The van der Waals surface area contributed by atoms with Crippen molar-refractivity contribution in [3.8, 4) is 0 Å². The number of anilines is 2. The van der Waals surface area contributed by atoms with Gasteiger partial charge in [0.25, 0.3) is 10.0 Å². The van der Waals surface area contributed by atoms with E-state index in [0.717, 1.165) is 18.2 Å². The minimum absolute atomic E-state index is 0.0824. The lowest BCUT2D eigenvalue weighted by atomic mass is 10.1. The highest BCUT2D eigenvalue weighted by atomic mass is 32.2. The van der Waals surface area contributed by atoms with E-state index in [4.69, 9.17) is 0 Å². The van der Waals surface area contributed by atoms with Crippen LogP contribution in [0.2, 0.25) is 0 Å². The average Bonchev–Trinajstić information content (AvgIpc) is 2.70. The average molecular weight is 352 g/mol. The molecule has 1 aliphatic heterocycles. The van der Waals surface area contributed by atoms with Crippen molar-refractivity contribution in [2.45, 2.75) is 24.2 Å². The van der Waals surface area contributed by atoms with Gasteiger partial charge in [0.05, 0.1) is 10.6 Å². The van der Waals surface area contributed by atoms with Gasteiger partial charge in [0, 0.05) is 18.2 Å². The molecule has 0 spiro atoms. The van der Waals surface area contributed by atoms with Crippen molar-refractivity contribution in [2.24, 2.45) is 0 Å². The van der Waals surface area contributed by atoms with Crippen molar-refractivity contribution in [3.05, 3.63) is 53.6 Å². The molecule has 5 nitrogen and oxygen atoms in total. The molecular weight excluding hydrogens is 338 g/mol. The molecule has 2 N–H and O–H groups in total. The summed E-state index contributed by atoms with van der Waals surface area (Å²) < 4.78 is 53.7. The quantitative estimate of drug-likeness (QED) is 0.892. The lowest BCUT2D eigenvalue weighted by molar-refractivity contribution is -0.116. The van der Waals surface area contributed by atoms with Crippen LogP contribution in [0.4, 0.5) is 20.2 Å². The zero-order valence-electron chi connectivity index (χ0n) is 12.5. The van der Waals surface area contributed by atoms with Crippen molar-refractivity contribution >= 4 is 27.3 Å². The first-order chi connectivity index (χ1) is 11.3. The standard InChI is InChI=1S/C16H14F2N2O3S/c17-11-4-6-13(18)15(9-11)20-24(22,23)12-5-7-14-10(8-12)2-1-3-16(21)19-14/h4-9,20H,1-3H2,(H,19,21). The predicted molar refractivity (Wildman–Crippen MR) is 85.2 cm³/mol. The molecular formula is C16H14F2N2O3S. The van der Waals surface area contributed by atoms with Crippen LogP contribution < -0.4 is 10.0 Å². The number of amides is 1. The Hall–Kier alpha value is -2.48. The van der Waals surface area contributed by atoms with Crippen LogP contribution in [-0.2, 0) is 21.2 Å². The van der Waals surface area contributed by atoms with Gasteiger partial charge in [0.15, 0.2) is 0 Å². The Labute approximate surface area is 137 Å². The molecule has 3 rings (SSSR count). The van der Waals surface area contributed by atoms with Crippen molar-refractivity contribution < 1.29 is 22.0 Å². The number of carbonyl (C=O) groups excluding carboxylic acids is 1. The zero-order chi connectivity index (χ0) is 17.3. The molecule has 0 unspecified atom stereocenters. The van der Waals surface area contributed by atoms with Crippen LogP contribution in [0.5, 0.6) is 0 Å². The van der Waals surface area contributed by atoms with Gasteiger partial charge < -0.3 is 5.32 Å². The number of hydrogen-bond acceptors (Lipinski definition) is 3. The highest BCUT2D eigenvalue weighted by Gasteiger charge is 2.20. The lowest BCUT2D eigenvalue weighted by Crippen LogP contribution is -2.15. The molecule has 2 aromatic carbocycles. The number of benzene rings is 2. The van der Waals surface area contributed by atoms with Crippen molar-refractivity contribution in [1.29, 1.82) is 0 Å². The van der Waals surface area contributed by atoms with Crippen LogP contribution in [0.1, 0.15) is 18.4 Å². The number of nitrogens with one attached hydrogen (secondary N) is 2. The SMILES string of the molecule is O=C1CCCc2cc(S(=O)(=O)Nc3cc(F)ccc3F)ccc2N1. The molecule has 8 heteroatoms. The summed E-state index contributed by atoms with van der Waals surface area (Å²) in [6.07, 6.45) is 1.52. The van der Waals surface area contributed by atoms with Crippen LogP contribution >= 0.6 is 0 Å². The number of halogens is 2. The summed E-state index contributed by atoms with van der Waals surface area (Å²) in [4.78, 5) is 11.4. The van der Waals surface area contributed by atoms with Crippen molar-refractivity contribution in [3.63, 3.8) is 0 Å². The Morgan fingerprint density at radius 1 is 1.04 bits per heavy atom. The van der Waals surface area contributed by atoms with E-state index in [1.165, 1.54) is 18.2 Å². The number of carbonyl (C=O) groups is 1. The molecule has 0 saturated carbocycles. The molecule has 1 amide bonds. The molecule has 1 heterocycles. The molecule has 0 fully saturated rings. The van der Waals surface area contributed by atoms with Crippen molar-refractivity contribution in [2.75, 3.05) is 10.0 Å². The fourth-order valence-electron chi connectivity index (χ4n) is 2.50. The monoisotopic (exact) mass is 352 g/mol. The minimum Gasteiger partial charge on any atom is -0.326 e. The fraction of sp³-hybridized carbons (Fsp3) is 0.188. The molecule has 126 valence electrons. The Bertz CT molecular complexity index is 914. The van der Waals surface area contributed by atoms with Gasteiger partial charge >= 0.3 is 0 Å². The van der Waals surface area contributed by atoms with E-state index in [9.17, 15) is 22.0 Å². The van der Waals surface area contributed by atoms with Crippen LogP contribution in [0.25, 0.3) is 0 Å². The number of sulfonamides is 1. The smallest absolute Gasteiger partial charge is 0.261 e. The second-order valence-electron chi connectivity index (χ2n) is 5.45. The topological polar surface area (TPSA) is 75.3 Å². The molecule has 0 radical (unpaired) electrons. The summed E-state index contributed by atoms with van der Waals surface area (Å²) in [7, 11) is -4.08. The first-order valence-electron chi connectivity index (χ1n) is 7.26. The summed E-state index contributed by atoms with van der Waals surface area (Å²) in [5.41, 5.74) is 0.787. The van der Waals surface area contributed by atoms with Gasteiger partial charge in [-0.1, -0.05) is 0 Å². The molecule has 0 aliphatic carbocycles. The summed E-state index contributed by atoms with van der Waals surface area (Å²) in [5.74, 6) is -1.75. The van der Waals surface area contributed by atoms with Crippen LogP contribution in [-0.4, -0.2) is 14.3 Å². The van der Waals surface area contributed by atoms with Gasteiger partial charge in [-0.15, -0.1) is 0 Å². The third-order valence-electron chi connectivity index (χ3n) is 3.68. The maximum Gasteiger partial charge on any atom is 0.261 e. The van der Waals surface area contributed by atoms with Gasteiger partial charge in [0.1, 0.15) is 11.6 Å². The number of aryl methyl sites for hydroxylation is 1. The molecule has 1 aliphatic rings. The maximum absolute atomic E-state index is 13.6. The van der Waals surface area contributed by atoms with E-state index in [1.54, 1.807) is 0 Å². The number of fused-ring (bicyclic) bond motifs is 1. The van der Waals surface area contributed by atoms with Crippen molar-refractivity contribution in [1.82, 2.24) is 0 Å². The molecule has 2 aromatic rings. The van der Waals surface area contributed by atoms with Crippen LogP contribution in [0.15, 0.2) is 41.3 Å². The second kappa shape index (κ2) is 6.20. The highest BCUT2D eigenvalue weighted by Crippen LogP contribution is 2.27.